The molecule has 2 heterocycles. The molecule has 0 unspecified atom stereocenters. The van der Waals surface area contributed by atoms with Gasteiger partial charge in [-0.1, -0.05) is 25.1 Å². The number of nitrogens with one attached hydrogen (secondary N) is 2. The minimum Gasteiger partial charge on any atom is -0.480 e. The number of carbonyl (C=O) groups is 1. The van der Waals surface area contributed by atoms with Gasteiger partial charge in [0.1, 0.15) is 5.75 Å². The number of rotatable bonds is 8. The predicted molar refractivity (Wildman–Crippen MR) is 120 cm³/mol. The van der Waals surface area contributed by atoms with E-state index in [1.54, 1.807) is 36.4 Å². The number of piperidine rings is 1. The monoisotopic (exact) mass is 456 g/mol. The van der Waals surface area contributed by atoms with Gasteiger partial charge >= 0.3 is 0 Å². The van der Waals surface area contributed by atoms with Crippen molar-refractivity contribution < 1.29 is 18.3 Å². The number of hydrogen-bond acceptors (Lipinski definition) is 6. The lowest BCUT2D eigenvalue weighted by Crippen LogP contribution is -2.35. The largest absolute Gasteiger partial charge is 0.480 e. The maximum absolute atomic E-state index is 13.2. The van der Waals surface area contributed by atoms with Crippen molar-refractivity contribution in [3.63, 3.8) is 0 Å². The Morgan fingerprint density at radius 3 is 2.79 bits per heavy atom. The Hall–Kier alpha value is -3.56. The Labute approximate surface area is 190 Å². The number of anilines is 2. The zero-order chi connectivity index (χ0) is 23.2. The van der Waals surface area contributed by atoms with Gasteiger partial charge in [-0.25, -0.2) is 8.78 Å². The summed E-state index contributed by atoms with van der Waals surface area (Å²) >= 11 is 0. The van der Waals surface area contributed by atoms with Crippen LogP contribution in [0.25, 0.3) is 11.4 Å². The van der Waals surface area contributed by atoms with Crippen LogP contribution in [0.15, 0.2) is 48.5 Å². The molecule has 3 aromatic rings. The highest BCUT2D eigenvalue weighted by Crippen LogP contribution is 2.32. The minimum absolute atomic E-state index is 0.298. The normalized spacial score (nSPS) is 17.1. The van der Waals surface area contributed by atoms with Gasteiger partial charge in [0.15, 0.2) is 6.10 Å². The molecule has 0 bridgehead atoms. The second-order valence-corrected chi connectivity index (χ2v) is 8.19. The molecular formula is C23H26F2N6O2. The van der Waals surface area contributed by atoms with Crippen molar-refractivity contribution in [3.05, 3.63) is 48.5 Å². The number of H-pyrrole nitrogens is 1. The van der Waals surface area contributed by atoms with Crippen LogP contribution in [0.5, 0.6) is 5.75 Å². The van der Waals surface area contributed by atoms with Gasteiger partial charge in [0.25, 0.3) is 5.91 Å². The Bertz CT molecular complexity index is 1050. The van der Waals surface area contributed by atoms with E-state index in [9.17, 15) is 13.6 Å². The Kier molecular flexibility index (Phi) is 7.11. The van der Waals surface area contributed by atoms with Crippen LogP contribution in [0, 0.1) is 5.92 Å². The van der Waals surface area contributed by atoms with Crippen molar-refractivity contribution in [1.82, 2.24) is 20.6 Å². The highest BCUT2D eigenvalue weighted by Gasteiger charge is 2.27. The van der Waals surface area contributed by atoms with E-state index in [1.165, 1.54) is 6.42 Å². The third kappa shape index (κ3) is 5.82. The van der Waals surface area contributed by atoms with Gasteiger partial charge in [0.2, 0.25) is 12.2 Å². The molecule has 10 heteroatoms. The van der Waals surface area contributed by atoms with Gasteiger partial charge in [0, 0.05) is 24.3 Å². The summed E-state index contributed by atoms with van der Waals surface area (Å²) in [6, 6.07) is 13.9. The average molecular weight is 456 g/mol. The van der Waals surface area contributed by atoms with Crippen LogP contribution in [0.1, 0.15) is 26.2 Å². The quantitative estimate of drug-likeness (QED) is 0.529. The van der Waals surface area contributed by atoms with Crippen LogP contribution >= 0.6 is 0 Å². The van der Waals surface area contributed by atoms with Gasteiger partial charge in [-0.3, -0.25) is 4.79 Å². The van der Waals surface area contributed by atoms with Gasteiger partial charge in [-0.15, -0.1) is 10.2 Å². The summed E-state index contributed by atoms with van der Waals surface area (Å²) in [7, 11) is 0. The first-order chi connectivity index (χ1) is 16.0. The summed E-state index contributed by atoms with van der Waals surface area (Å²) < 4.78 is 31.9. The molecule has 1 aromatic heterocycles. The van der Waals surface area contributed by atoms with Crippen molar-refractivity contribution in [2.75, 3.05) is 23.3 Å². The number of nitrogens with zero attached hydrogens (tertiary/aromatic N) is 4. The molecule has 2 N–H and O–H groups in total. The number of hydrogen-bond donors (Lipinski definition) is 2. The Balaban J connectivity index is 1.59. The van der Waals surface area contributed by atoms with E-state index in [2.05, 4.69) is 37.8 Å². The number of aromatic amines is 1. The first-order valence-electron chi connectivity index (χ1n) is 10.9. The molecule has 8 nitrogen and oxygen atoms in total. The summed E-state index contributed by atoms with van der Waals surface area (Å²) in [6.07, 6.45) is -2.52. The zero-order valence-corrected chi connectivity index (χ0v) is 18.2. The number of tetrazole rings is 1. The van der Waals surface area contributed by atoms with Gasteiger partial charge in [-0.05, 0) is 54.3 Å². The molecule has 4 rings (SSSR count). The van der Waals surface area contributed by atoms with E-state index in [1.807, 2.05) is 12.1 Å². The van der Waals surface area contributed by atoms with Crippen LogP contribution in [-0.2, 0) is 4.79 Å². The smallest absolute Gasteiger partial charge is 0.265 e. The number of amides is 1. The number of aromatic nitrogens is 4. The molecular weight excluding hydrogens is 430 g/mol. The van der Waals surface area contributed by atoms with Crippen LogP contribution in [0.4, 0.5) is 20.2 Å². The van der Waals surface area contributed by atoms with E-state index in [0.29, 0.717) is 28.7 Å². The van der Waals surface area contributed by atoms with Gasteiger partial charge in [0.05, 0.1) is 12.1 Å². The van der Waals surface area contributed by atoms with Gasteiger partial charge in [-0.2, -0.15) is 5.21 Å². The lowest BCUT2D eigenvalue weighted by Gasteiger charge is -2.33. The average Bonchev–Trinajstić information content (AvgIpc) is 3.34. The number of halogens is 2. The molecule has 1 saturated heterocycles. The third-order valence-electron chi connectivity index (χ3n) is 5.58. The number of para-hydroxylation sites is 1. The van der Waals surface area contributed by atoms with Gasteiger partial charge < -0.3 is 15.0 Å². The number of ether oxygens (including phenoxy) is 1. The molecule has 0 radical (unpaired) electrons. The lowest BCUT2D eigenvalue weighted by atomic mass is 9.99. The second-order valence-electron chi connectivity index (χ2n) is 8.19. The highest BCUT2D eigenvalue weighted by atomic mass is 19.3. The van der Waals surface area contributed by atoms with Crippen LogP contribution in [0.2, 0.25) is 0 Å². The van der Waals surface area contributed by atoms with E-state index >= 15 is 0 Å². The van der Waals surface area contributed by atoms with Crippen molar-refractivity contribution in [3.8, 4) is 17.1 Å². The molecule has 174 valence electrons. The van der Waals surface area contributed by atoms with Crippen molar-refractivity contribution in [1.29, 1.82) is 0 Å². The molecule has 1 fully saturated rings. The Morgan fingerprint density at radius 2 is 2.09 bits per heavy atom. The third-order valence-corrected chi connectivity index (χ3v) is 5.58. The second kappa shape index (κ2) is 10.4. The van der Waals surface area contributed by atoms with Crippen molar-refractivity contribution in [2.45, 2.75) is 38.7 Å². The summed E-state index contributed by atoms with van der Waals surface area (Å²) in [5.74, 6) is 0.540. The first kappa shape index (κ1) is 22.6. The number of benzene rings is 2. The van der Waals surface area contributed by atoms with E-state index in [-0.39, 0.29) is 0 Å². The van der Waals surface area contributed by atoms with Crippen LogP contribution in [0.3, 0.4) is 0 Å². The lowest BCUT2D eigenvalue weighted by molar-refractivity contribution is -0.124. The molecule has 2 aromatic carbocycles. The summed E-state index contributed by atoms with van der Waals surface area (Å²) in [6.45, 7) is 4.08. The molecule has 33 heavy (non-hydrogen) atoms. The molecule has 0 aliphatic carbocycles. The van der Waals surface area contributed by atoms with E-state index < -0.39 is 24.9 Å². The summed E-state index contributed by atoms with van der Waals surface area (Å²) in [5, 5.41) is 16.9. The van der Waals surface area contributed by atoms with E-state index in [0.717, 1.165) is 25.2 Å². The maximum Gasteiger partial charge on any atom is 0.265 e. The molecule has 1 aliphatic rings. The van der Waals surface area contributed by atoms with Crippen molar-refractivity contribution >= 4 is 17.3 Å². The first-order valence-corrected chi connectivity index (χ1v) is 10.9. The summed E-state index contributed by atoms with van der Waals surface area (Å²) in [5.41, 5.74) is 1.92. The predicted octanol–water partition coefficient (Wildman–Crippen LogP) is 4.14. The topological polar surface area (TPSA) is 96.0 Å². The molecule has 0 saturated carbocycles. The SMILES string of the molecule is C[C@@H]1CCCN(c2ccc(NC(=O)[C@H](CC(F)F)Oc3ccccc3)c(-c3nn[nH]n3)c2)C1. The maximum atomic E-state index is 13.2. The standard InChI is InChI=1S/C23H26F2N6O2/c1-15-6-5-11-31(14-15)16-9-10-19(18(12-16)22-27-29-30-28-22)26-23(32)20(13-21(24)25)33-17-7-3-2-4-8-17/h2-4,7-10,12,15,20-21H,5-6,11,13-14H2,1H3,(H,26,32)(H,27,28,29,30)/t15-,20+/m1/s1. The van der Waals surface area contributed by atoms with Crippen LogP contribution in [-0.4, -0.2) is 52.2 Å². The molecule has 1 aliphatic heterocycles. The van der Waals surface area contributed by atoms with Crippen LogP contribution < -0.4 is 15.0 Å². The highest BCUT2D eigenvalue weighted by molar-refractivity contribution is 5.98. The molecule has 0 spiro atoms. The fourth-order valence-electron chi connectivity index (χ4n) is 3.97. The van der Waals surface area contributed by atoms with Crippen molar-refractivity contribution in [2.24, 2.45) is 5.92 Å². The zero-order valence-electron chi connectivity index (χ0n) is 18.2. The number of carbonyl (C=O) groups excluding carboxylic acids is 1. The molecule has 1 amide bonds. The number of alkyl halides is 2. The Morgan fingerprint density at radius 1 is 1.27 bits per heavy atom. The van der Waals surface area contributed by atoms with E-state index in [4.69, 9.17) is 4.74 Å². The summed E-state index contributed by atoms with van der Waals surface area (Å²) in [4.78, 5) is 15.2. The fourth-order valence-corrected chi connectivity index (χ4v) is 3.97. The molecule has 2 atom stereocenters. The fraction of sp³-hybridized carbons (Fsp3) is 0.391. The minimum atomic E-state index is -2.70.